The lowest BCUT2D eigenvalue weighted by atomic mass is 10.0. The summed E-state index contributed by atoms with van der Waals surface area (Å²) in [6, 6.07) is 29.3. The monoisotopic (exact) mass is 617 g/mol. The third-order valence-corrected chi connectivity index (χ3v) is 7.92. The van der Waals surface area contributed by atoms with Gasteiger partial charge in [0.05, 0.1) is 11.9 Å². The van der Waals surface area contributed by atoms with Crippen LogP contribution in [0.3, 0.4) is 0 Å². The summed E-state index contributed by atoms with van der Waals surface area (Å²) in [5.74, 6) is -0.538. The Kier molecular flexibility index (Phi) is 10.7. The average molecular weight is 618 g/mol. The molecule has 1 atom stereocenters. The highest BCUT2D eigenvalue weighted by atomic mass is 32.2. The van der Waals surface area contributed by atoms with Crippen LogP contribution in [0.5, 0.6) is 11.5 Å². The highest BCUT2D eigenvalue weighted by Crippen LogP contribution is 2.26. The first-order valence-electron chi connectivity index (χ1n) is 14.2. The van der Waals surface area contributed by atoms with Crippen LogP contribution in [0.2, 0.25) is 0 Å². The standard InChI is InChI=1S/C34H36FN3O5S/c1-25(2)36-34(40)32(22-26-12-6-4-7-13-26)37(23-27-14-10-11-17-31(27)35)33(39)24-38(44(3,41)42)28-18-20-30(21-19-28)43-29-15-8-5-9-16-29/h4-21,25,32H,22-24H2,1-3H3,(H,36,40)/t32-/m0/s1. The molecule has 4 aromatic rings. The number of hydrogen-bond donors (Lipinski definition) is 1. The zero-order valence-electron chi connectivity index (χ0n) is 24.9. The first kappa shape index (κ1) is 32.2. The van der Waals surface area contributed by atoms with Gasteiger partial charge in [0.25, 0.3) is 0 Å². The SMILES string of the molecule is CC(C)NC(=O)[C@H](Cc1ccccc1)N(Cc1ccccc1F)C(=O)CN(c1ccc(Oc2ccccc2)cc1)S(C)(=O)=O. The number of amides is 2. The van der Waals surface area contributed by atoms with E-state index >= 15 is 0 Å². The number of nitrogens with zero attached hydrogens (tertiary/aromatic N) is 2. The summed E-state index contributed by atoms with van der Waals surface area (Å²) in [5, 5.41) is 2.87. The average Bonchev–Trinajstić information content (AvgIpc) is 2.99. The Balaban J connectivity index is 1.68. The van der Waals surface area contributed by atoms with Crippen LogP contribution in [0, 0.1) is 5.82 Å². The number of rotatable bonds is 13. The van der Waals surface area contributed by atoms with E-state index in [1.165, 1.54) is 23.1 Å². The van der Waals surface area contributed by atoms with Gasteiger partial charge in [-0.25, -0.2) is 12.8 Å². The van der Waals surface area contributed by atoms with Gasteiger partial charge in [0, 0.05) is 24.6 Å². The van der Waals surface area contributed by atoms with Gasteiger partial charge < -0.3 is 15.0 Å². The molecular weight excluding hydrogens is 581 g/mol. The molecular formula is C34H36FN3O5S. The van der Waals surface area contributed by atoms with Crippen LogP contribution in [0.1, 0.15) is 25.0 Å². The van der Waals surface area contributed by atoms with Gasteiger partial charge in [0.1, 0.15) is 29.9 Å². The third-order valence-electron chi connectivity index (χ3n) is 6.78. The molecule has 8 nitrogen and oxygen atoms in total. The van der Waals surface area contributed by atoms with Crippen molar-refractivity contribution < 1.29 is 27.1 Å². The van der Waals surface area contributed by atoms with Crippen molar-refractivity contribution in [3.05, 3.63) is 126 Å². The minimum Gasteiger partial charge on any atom is -0.457 e. The predicted molar refractivity (Wildman–Crippen MR) is 169 cm³/mol. The molecule has 0 unspecified atom stereocenters. The first-order chi connectivity index (χ1) is 21.0. The second-order valence-corrected chi connectivity index (χ2v) is 12.6. The quantitative estimate of drug-likeness (QED) is 0.212. The minimum absolute atomic E-state index is 0.143. The molecule has 0 aliphatic heterocycles. The summed E-state index contributed by atoms with van der Waals surface area (Å²) in [4.78, 5) is 28.9. The fourth-order valence-electron chi connectivity index (χ4n) is 4.66. The second-order valence-electron chi connectivity index (χ2n) is 10.7. The van der Waals surface area contributed by atoms with Gasteiger partial charge in [-0.05, 0) is 61.9 Å². The van der Waals surface area contributed by atoms with Crippen LogP contribution >= 0.6 is 0 Å². The van der Waals surface area contributed by atoms with Crippen LogP contribution < -0.4 is 14.4 Å². The zero-order valence-corrected chi connectivity index (χ0v) is 25.7. The largest absolute Gasteiger partial charge is 0.457 e. The number of benzene rings is 4. The summed E-state index contributed by atoms with van der Waals surface area (Å²) in [5.41, 5.74) is 1.22. The van der Waals surface area contributed by atoms with Gasteiger partial charge in [0.15, 0.2) is 0 Å². The van der Waals surface area contributed by atoms with Crippen molar-refractivity contribution in [2.45, 2.75) is 38.9 Å². The molecule has 0 heterocycles. The Morgan fingerprint density at radius 1 is 0.818 bits per heavy atom. The summed E-state index contributed by atoms with van der Waals surface area (Å²) in [6.07, 6.45) is 1.15. The molecule has 0 radical (unpaired) electrons. The molecule has 0 aromatic heterocycles. The Labute approximate surface area is 258 Å². The van der Waals surface area contributed by atoms with Crippen LogP contribution in [-0.2, 0) is 32.6 Å². The number of carbonyl (C=O) groups excluding carboxylic acids is 2. The maximum atomic E-state index is 14.9. The van der Waals surface area contributed by atoms with Crippen LogP contribution in [0.4, 0.5) is 10.1 Å². The van der Waals surface area contributed by atoms with E-state index in [0.29, 0.717) is 11.5 Å². The Bertz CT molecular complexity index is 1650. The van der Waals surface area contributed by atoms with Gasteiger partial charge in [-0.2, -0.15) is 0 Å². The van der Waals surface area contributed by atoms with Crippen LogP contribution in [0.15, 0.2) is 109 Å². The molecule has 0 spiro atoms. The lowest BCUT2D eigenvalue weighted by Gasteiger charge is -2.34. The molecule has 0 aliphatic carbocycles. The number of sulfonamides is 1. The van der Waals surface area contributed by atoms with E-state index in [1.54, 1.807) is 56.3 Å². The van der Waals surface area contributed by atoms with E-state index in [-0.39, 0.29) is 30.3 Å². The van der Waals surface area contributed by atoms with Gasteiger partial charge >= 0.3 is 0 Å². The van der Waals surface area contributed by atoms with E-state index in [1.807, 2.05) is 48.5 Å². The lowest BCUT2D eigenvalue weighted by molar-refractivity contribution is -0.140. The summed E-state index contributed by atoms with van der Waals surface area (Å²) in [6.45, 7) is 2.76. The number of nitrogens with one attached hydrogen (secondary N) is 1. The normalized spacial score (nSPS) is 11.9. The van der Waals surface area contributed by atoms with Crippen molar-refractivity contribution in [2.24, 2.45) is 0 Å². The lowest BCUT2D eigenvalue weighted by Crippen LogP contribution is -2.54. The summed E-state index contributed by atoms with van der Waals surface area (Å²) >= 11 is 0. The number of anilines is 1. The van der Waals surface area contributed by atoms with Gasteiger partial charge in [0.2, 0.25) is 21.8 Å². The van der Waals surface area contributed by atoms with E-state index in [4.69, 9.17) is 4.74 Å². The molecule has 1 N–H and O–H groups in total. The number of para-hydroxylation sites is 1. The number of ether oxygens (including phenoxy) is 1. The van der Waals surface area contributed by atoms with E-state index in [2.05, 4.69) is 5.32 Å². The van der Waals surface area contributed by atoms with Gasteiger partial charge in [-0.1, -0.05) is 66.7 Å². The molecule has 2 amide bonds. The van der Waals surface area contributed by atoms with Crippen molar-refractivity contribution >= 4 is 27.5 Å². The first-order valence-corrected chi connectivity index (χ1v) is 16.0. The maximum Gasteiger partial charge on any atom is 0.244 e. The molecule has 230 valence electrons. The molecule has 0 saturated carbocycles. The molecule has 4 rings (SSSR count). The Morgan fingerprint density at radius 2 is 1.39 bits per heavy atom. The molecule has 0 saturated heterocycles. The molecule has 44 heavy (non-hydrogen) atoms. The van der Waals surface area contributed by atoms with Crippen LogP contribution in [0.25, 0.3) is 0 Å². The molecule has 4 aromatic carbocycles. The highest BCUT2D eigenvalue weighted by Gasteiger charge is 2.33. The fraction of sp³-hybridized carbons (Fsp3) is 0.235. The van der Waals surface area contributed by atoms with Gasteiger partial charge in [-0.15, -0.1) is 0 Å². The van der Waals surface area contributed by atoms with E-state index < -0.39 is 40.2 Å². The molecule has 0 bridgehead atoms. The Morgan fingerprint density at radius 3 is 1.98 bits per heavy atom. The fourth-order valence-corrected chi connectivity index (χ4v) is 5.51. The molecule has 10 heteroatoms. The van der Waals surface area contributed by atoms with Crippen molar-refractivity contribution in [3.63, 3.8) is 0 Å². The van der Waals surface area contributed by atoms with Crippen LogP contribution in [-0.4, -0.2) is 50.0 Å². The predicted octanol–water partition coefficient (Wildman–Crippen LogP) is 5.55. The maximum absolute atomic E-state index is 14.9. The van der Waals surface area contributed by atoms with Gasteiger partial charge in [-0.3, -0.25) is 13.9 Å². The summed E-state index contributed by atoms with van der Waals surface area (Å²) in [7, 11) is -3.95. The number of carbonyl (C=O) groups is 2. The Hall–Kier alpha value is -4.70. The number of hydrogen-bond acceptors (Lipinski definition) is 5. The summed E-state index contributed by atoms with van der Waals surface area (Å²) < 4.78 is 47.7. The minimum atomic E-state index is -3.95. The third kappa shape index (κ3) is 8.90. The highest BCUT2D eigenvalue weighted by molar-refractivity contribution is 7.92. The topological polar surface area (TPSA) is 96.0 Å². The zero-order chi connectivity index (χ0) is 31.7. The van der Waals surface area contributed by atoms with Crippen molar-refractivity contribution in [1.29, 1.82) is 0 Å². The van der Waals surface area contributed by atoms with E-state index in [0.717, 1.165) is 16.1 Å². The molecule has 0 fully saturated rings. The smallest absolute Gasteiger partial charge is 0.244 e. The van der Waals surface area contributed by atoms with Crippen molar-refractivity contribution in [3.8, 4) is 11.5 Å². The van der Waals surface area contributed by atoms with E-state index in [9.17, 15) is 22.4 Å². The van der Waals surface area contributed by atoms with Crippen molar-refractivity contribution in [1.82, 2.24) is 10.2 Å². The van der Waals surface area contributed by atoms with Crippen molar-refractivity contribution in [2.75, 3.05) is 17.1 Å². The second kappa shape index (κ2) is 14.7. The number of halogens is 1. The molecule has 0 aliphatic rings.